The Morgan fingerprint density at radius 2 is 2.19 bits per heavy atom. The van der Waals surface area contributed by atoms with E-state index >= 15 is 0 Å². The monoisotopic (exact) mass is 218 g/mol. The minimum absolute atomic E-state index is 0.561. The van der Waals surface area contributed by atoms with Gasteiger partial charge in [-0.1, -0.05) is 13.0 Å². The molecule has 84 valence electrons. The molecule has 0 aliphatic carbocycles. The number of benzene rings is 1. The van der Waals surface area contributed by atoms with Crippen LogP contribution >= 0.6 is 0 Å². The second kappa shape index (κ2) is 3.67. The molecular formula is C13H14O3. The van der Waals surface area contributed by atoms with Crippen molar-refractivity contribution in [3.05, 3.63) is 36.1 Å². The summed E-state index contributed by atoms with van der Waals surface area (Å²) in [6, 6.07) is 7.37. The Kier molecular flexibility index (Phi) is 2.46. The molecular weight excluding hydrogens is 204 g/mol. The van der Waals surface area contributed by atoms with Gasteiger partial charge in [0.25, 0.3) is 0 Å². The van der Waals surface area contributed by atoms with Crippen molar-refractivity contribution in [2.75, 3.05) is 0 Å². The van der Waals surface area contributed by atoms with Crippen molar-refractivity contribution in [3.63, 3.8) is 0 Å². The molecule has 2 rings (SSSR count). The van der Waals surface area contributed by atoms with Crippen molar-refractivity contribution >= 4 is 16.9 Å². The lowest BCUT2D eigenvalue weighted by atomic mass is 9.80. The maximum atomic E-state index is 11.3. The number of carboxylic acids is 1. The van der Waals surface area contributed by atoms with E-state index in [0.29, 0.717) is 6.42 Å². The average molecular weight is 218 g/mol. The number of hydrogen-bond donors (Lipinski definition) is 1. The van der Waals surface area contributed by atoms with Crippen molar-refractivity contribution < 1.29 is 14.3 Å². The summed E-state index contributed by atoms with van der Waals surface area (Å²) in [5, 5.41) is 10.2. The third-order valence-electron chi connectivity index (χ3n) is 3.27. The quantitative estimate of drug-likeness (QED) is 0.860. The molecule has 1 aromatic carbocycles. The van der Waals surface area contributed by atoms with Gasteiger partial charge in [-0.15, -0.1) is 0 Å². The molecule has 1 unspecified atom stereocenters. The lowest BCUT2D eigenvalue weighted by molar-refractivity contribution is -0.143. The Bertz CT molecular complexity index is 527. The lowest BCUT2D eigenvalue weighted by Gasteiger charge is -2.23. The fourth-order valence-corrected chi connectivity index (χ4v) is 1.79. The first-order valence-corrected chi connectivity index (χ1v) is 5.29. The summed E-state index contributed by atoms with van der Waals surface area (Å²) in [6.07, 6.45) is 2.17. The molecule has 0 aliphatic heterocycles. The van der Waals surface area contributed by atoms with Gasteiger partial charge in [-0.05, 0) is 37.1 Å². The molecule has 0 spiro atoms. The van der Waals surface area contributed by atoms with Crippen LogP contribution in [0.4, 0.5) is 0 Å². The summed E-state index contributed by atoms with van der Waals surface area (Å²) in [5.74, 6) is -0.794. The Balaban J connectivity index is 2.57. The summed E-state index contributed by atoms with van der Waals surface area (Å²) in [5.41, 5.74) is 0.773. The van der Waals surface area contributed by atoms with Crippen LogP contribution in [0, 0.1) is 0 Å². The van der Waals surface area contributed by atoms with E-state index in [0.717, 1.165) is 16.5 Å². The Labute approximate surface area is 93.7 Å². The predicted molar refractivity (Wildman–Crippen MR) is 61.5 cm³/mol. The van der Waals surface area contributed by atoms with Gasteiger partial charge < -0.3 is 9.52 Å². The van der Waals surface area contributed by atoms with Gasteiger partial charge in [0.05, 0.1) is 11.7 Å². The van der Waals surface area contributed by atoms with Crippen LogP contribution in [0.15, 0.2) is 34.9 Å². The second-order valence-corrected chi connectivity index (χ2v) is 4.16. The van der Waals surface area contributed by atoms with E-state index in [1.807, 2.05) is 31.2 Å². The van der Waals surface area contributed by atoms with Crippen LogP contribution in [-0.2, 0) is 10.2 Å². The van der Waals surface area contributed by atoms with Crippen molar-refractivity contribution in [1.82, 2.24) is 0 Å². The Morgan fingerprint density at radius 1 is 1.44 bits per heavy atom. The molecule has 0 amide bonds. The number of furan rings is 1. The van der Waals surface area contributed by atoms with Crippen LogP contribution in [0.1, 0.15) is 25.8 Å². The van der Waals surface area contributed by atoms with Gasteiger partial charge in [0.15, 0.2) is 0 Å². The zero-order chi connectivity index (χ0) is 11.8. The third-order valence-corrected chi connectivity index (χ3v) is 3.27. The summed E-state index contributed by atoms with van der Waals surface area (Å²) in [4.78, 5) is 11.3. The van der Waals surface area contributed by atoms with E-state index in [1.165, 1.54) is 0 Å². The molecule has 3 heteroatoms. The molecule has 0 saturated carbocycles. The number of rotatable bonds is 3. The SMILES string of the molecule is CCC(C)(C(=O)O)c1ccc2occc2c1. The number of hydrogen-bond acceptors (Lipinski definition) is 2. The van der Waals surface area contributed by atoms with Gasteiger partial charge in [0.1, 0.15) is 5.58 Å². The minimum Gasteiger partial charge on any atom is -0.481 e. The van der Waals surface area contributed by atoms with E-state index in [-0.39, 0.29) is 0 Å². The molecule has 0 aliphatic rings. The van der Waals surface area contributed by atoms with E-state index in [1.54, 1.807) is 13.2 Å². The van der Waals surface area contributed by atoms with Crippen LogP contribution in [0.25, 0.3) is 11.0 Å². The van der Waals surface area contributed by atoms with Crippen LogP contribution in [0.2, 0.25) is 0 Å². The summed E-state index contributed by atoms with van der Waals surface area (Å²) >= 11 is 0. The number of carboxylic acid groups (broad SMARTS) is 1. The molecule has 1 atom stereocenters. The molecule has 0 radical (unpaired) electrons. The van der Waals surface area contributed by atoms with Gasteiger partial charge in [0.2, 0.25) is 0 Å². The van der Waals surface area contributed by atoms with Gasteiger partial charge in [-0.3, -0.25) is 4.79 Å². The van der Waals surface area contributed by atoms with Gasteiger partial charge >= 0.3 is 5.97 Å². The molecule has 3 nitrogen and oxygen atoms in total. The molecule has 0 bridgehead atoms. The maximum absolute atomic E-state index is 11.3. The maximum Gasteiger partial charge on any atom is 0.313 e. The molecule has 1 N–H and O–H groups in total. The van der Waals surface area contributed by atoms with Crippen molar-refractivity contribution in [3.8, 4) is 0 Å². The summed E-state index contributed by atoms with van der Waals surface area (Å²) < 4.78 is 5.23. The van der Waals surface area contributed by atoms with Crippen molar-refractivity contribution in [2.24, 2.45) is 0 Å². The van der Waals surface area contributed by atoms with Crippen LogP contribution in [0.5, 0.6) is 0 Å². The van der Waals surface area contributed by atoms with E-state index in [4.69, 9.17) is 4.42 Å². The van der Waals surface area contributed by atoms with Crippen LogP contribution < -0.4 is 0 Å². The second-order valence-electron chi connectivity index (χ2n) is 4.16. The first kappa shape index (κ1) is 10.7. The predicted octanol–water partition coefficient (Wildman–Crippen LogP) is 3.19. The highest BCUT2D eigenvalue weighted by atomic mass is 16.4. The zero-order valence-electron chi connectivity index (χ0n) is 9.36. The van der Waals surface area contributed by atoms with Crippen LogP contribution in [-0.4, -0.2) is 11.1 Å². The first-order chi connectivity index (χ1) is 7.58. The summed E-state index contributed by atoms with van der Waals surface area (Å²) in [7, 11) is 0. The smallest absolute Gasteiger partial charge is 0.313 e. The van der Waals surface area contributed by atoms with Gasteiger partial charge in [-0.2, -0.15) is 0 Å². The topological polar surface area (TPSA) is 50.4 Å². The minimum atomic E-state index is -0.828. The standard InChI is InChI=1S/C13H14O3/c1-3-13(2,12(14)15)10-4-5-11-9(8-10)6-7-16-11/h4-8H,3H2,1-2H3,(H,14,15). The molecule has 2 aromatic rings. The largest absolute Gasteiger partial charge is 0.481 e. The molecule has 1 aromatic heterocycles. The highest BCUT2D eigenvalue weighted by Crippen LogP contribution is 2.30. The third kappa shape index (κ3) is 1.48. The zero-order valence-corrected chi connectivity index (χ0v) is 9.36. The molecule has 0 saturated heterocycles. The Morgan fingerprint density at radius 3 is 2.81 bits per heavy atom. The average Bonchev–Trinajstić information content (AvgIpc) is 2.74. The normalized spacial score (nSPS) is 14.9. The van der Waals surface area contributed by atoms with Gasteiger partial charge in [0, 0.05) is 5.39 Å². The fraction of sp³-hybridized carbons (Fsp3) is 0.308. The molecule has 0 fully saturated rings. The number of fused-ring (bicyclic) bond motifs is 1. The highest BCUT2D eigenvalue weighted by Gasteiger charge is 2.33. The Hall–Kier alpha value is -1.77. The lowest BCUT2D eigenvalue weighted by Crippen LogP contribution is -2.31. The van der Waals surface area contributed by atoms with Crippen molar-refractivity contribution in [2.45, 2.75) is 25.7 Å². The van der Waals surface area contributed by atoms with Crippen molar-refractivity contribution in [1.29, 1.82) is 0 Å². The van der Waals surface area contributed by atoms with E-state index in [9.17, 15) is 9.90 Å². The molecule has 1 heterocycles. The van der Waals surface area contributed by atoms with Gasteiger partial charge in [-0.25, -0.2) is 0 Å². The summed E-state index contributed by atoms with van der Waals surface area (Å²) in [6.45, 7) is 3.63. The molecule has 16 heavy (non-hydrogen) atoms. The highest BCUT2D eigenvalue weighted by molar-refractivity contribution is 5.84. The number of aliphatic carboxylic acids is 1. The fourth-order valence-electron chi connectivity index (χ4n) is 1.79. The van der Waals surface area contributed by atoms with E-state index < -0.39 is 11.4 Å². The van der Waals surface area contributed by atoms with Crippen LogP contribution in [0.3, 0.4) is 0 Å². The first-order valence-electron chi connectivity index (χ1n) is 5.29. The number of carbonyl (C=O) groups is 1. The van der Waals surface area contributed by atoms with E-state index in [2.05, 4.69) is 0 Å².